The Bertz CT molecular complexity index is 714. The number of ether oxygens (including phenoxy) is 1. The van der Waals surface area contributed by atoms with E-state index in [9.17, 15) is 13.6 Å². The summed E-state index contributed by atoms with van der Waals surface area (Å²) in [5, 5.41) is 3.66. The molecular weight excluding hydrogens is 312 g/mol. The number of alkyl halides is 2. The fourth-order valence-corrected chi connectivity index (χ4v) is 2.55. The lowest BCUT2D eigenvalue weighted by Gasteiger charge is -2.21. The highest BCUT2D eigenvalue weighted by Gasteiger charge is 2.50. The molecule has 10 heteroatoms. The van der Waals surface area contributed by atoms with E-state index in [0.717, 1.165) is 4.90 Å². The van der Waals surface area contributed by atoms with Crippen molar-refractivity contribution in [3.8, 4) is 0 Å². The van der Waals surface area contributed by atoms with Crippen LogP contribution in [0.1, 0.15) is 34.7 Å². The van der Waals surface area contributed by atoms with Crippen LogP contribution in [0.15, 0.2) is 17.0 Å². The molecule has 2 aromatic rings. The third kappa shape index (κ3) is 2.93. The number of likely N-dealkylation sites (tertiary alicyclic amines) is 1. The number of imidazole rings is 1. The first kappa shape index (κ1) is 15.5. The Morgan fingerprint density at radius 2 is 2.35 bits per heavy atom. The monoisotopic (exact) mass is 327 g/mol. The molecule has 0 aromatic carbocycles. The Hall–Kier alpha value is -2.36. The summed E-state index contributed by atoms with van der Waals surface area (Å²) in [5.41, 5.74) is 0.212. The minimum atomic E-state index is -3.02. The van der Waals surface area contributed by atoms with Crippen molar-refractivity contribution < 1.29 is 22.8 Å². The Morgan fingerprint density at radius 3 is 3.00 bits per heavy atom. The molecule has 3 rings (SSSR count). The van der Waals surface area contributed by atoms with Gasteiger partial charge in [0.25, 0.3) is 11.8 Å². The number of aromatic nitrogens is 4. The zero-order valence-corrected chi connectivity index (χ0v) is 12.6. The second-order valence-corrected chi connectivity index (χ2v) is 5.38. The highest BCUT2D eigenvalue weighted by Crippen LogP contribution is 2.41. The molecule has 124 valence electrons. The van der Waals surface area contributed by atoms with E-state index in [0.29, 0.717) is 0 Å². The van der Waals surface area contributed by atoms with Crippen molar-refractivity contribution >= 4 is 5.91 Å². The lowest BCUT2D eigenvalue weighted by atomic mass is 10.2. The zero-order chi connectivity index (χ0) is 16.6. The van der Waals surface area contributed by atoms with Crippen LogP contribution in [-0.4, -0.2) is 50.1 Å². The maximum atomic E-state index is 13.9. The minimum Gasteiger partial charge on any atom is -0.377 e. The van der Waals surface area contributed by atoms with Crippen molar-refractivity contribution in [3.05, 3.63) is 29.9 Å². The summed E-state index contributed by atoms with van der Waals surface area (Å²) in [5.74, 6) is -3.36. The molecule has 1 atom stereocenters. The third-order valence-electron chi connectivity index (χ3n) is 3.61. The highest BCUT2D eigenvalue weighted by atomic mass is 19.3. The smallest absolute Gasteiger partial charge is 0.273 e. The van der Waals surface area contributed by atoms with Gasteiger partial charge in [-0.05, 0) is 0 Å². The molecule has 0 radical (unpaired) electrons. The second kappa shape index (κ2) is 5.69. The van der Waals surface area contributed by atoms with Gasteiger partial charge in [-0.1, -0.05) is 5.16 Å². The van der Waals surface area contributed by atoms with Crippen molar-refractivity contribution in [1.82, 2.24) is 24.6 Å². The molecule has 1 fully saturated rings. The fraction of sp³-hybridized carbons (Fsp3) is 0.538. The first-order chi connectivity index (χ1) is 10.9. The summed E-state index contributed by atoms with van der Waals surface area (Å²) >= 11 is 0. The average Bonchev–Trinajstić information content (AvgIpc) is 3.17. The van der Waals surface area contributed by atoms with Gasteiger partial charge in [0.1, 0.15) is 18.3 Å². The topological polar surface area (TPSA) is 86.3 Å². The molecule has 3 heterocycles. The van der Waals surface area contributed by atoms with Crippen LogP contribution >= 0.6 is 0 Å². The van der Waals surface area contributed by atoms with Crippen LogP contribution < -0.4 is 0 Å². The van der Waals surface area contributed by atoms with Gasteiger partial charge in [-0.3, -0.25) is 4.79 Å². The molecule has 1 aliphatic heterocycles. The Labute approximate surface area is 130 Å². The molecule has 8 nitrogen and oxygen atoms in total. The number of nitrogens with zero attached hydrogens (tertiary/aromatic N) is 5. The van der Waals surface area contributed by atoms with Crippen LogP contribution in [0.3, 0.4) is 0 Å². The van der Waals surface area contributed by atoms with Gasteiger partial charge in [0.2, 0.25) is 5.89 Å². The van der Waals surface area contributed by atoms with Crippen LogP contribution in [0.25, 0.3) is 0 Å². The van der Waals surface area contributed by atoms with Crippen LogP contribution in [-0.2, 0) is 18.4 Å². The predicted octanol–water partition coefficient (Wildman–Crippen LogP) is 1.17. The van der Waals surface area contributed by atoms with E-state index >= 15 is 0 Å². The highest BCUT2D eigenvalue weighted by molar-refractivity contribution is 5.93. The van der Waals surface area contributed by atoms with Crippen molar-refractivity contribution in [3.63, 3.8) is 0 Å². The van der Waals surface area contributed by atoms with Crippen molar-refractivity contribution in [2.24, 2.45) is 7.05 Å². The van der Waals surface area contributed by atoms with Gasteiger partial charge < -0.3 is 18.7 Å². The van der Waals surface area contributed by atoms with E-state index in [1.807, 2.05) is 0 Å². The normalized spacial score (nSPS) is 20.2. The van der Waals surface area contributed by atoms with Gasteiger partial charge >= 0.3 is 0 Å². The Morgan fingerprint density at radius 1 is 1.57 bits per heavy atom. The zero-order valence-electron chi connectivity index (χ0n) is 12.6. The number of hydrogen-bond donors (Lipinski definition) is 0. The number of rotatable bonds is 4. The molecular formula is C13H15F2N5O3. The number of methoxy groups -OCH3 is 1. The minimum absolute atomic E-state index is 0.0234. The second-order valence-electron chi connectivity index (χ2n) is 5.38. The van der Waals surface area contributed by atoms with Crippen LogP contribution in [0, 0.1) is 0 Å². The van der Waals surface area contributed by atoms with E-state index in [2.05, 4.69) is 15.1 Å². The average molecular weight is 327 g/mol. The lowest BCUT2D eigenvalue weighted by Crippen LogP contribution is -2.34. The van der Waals surface area contributed by atoms with Crippen LogP contribution in [0.4, 0.5) is 8.78 Å². The van der Waals surface area contributed by atoms with Crippen molar-refractivity contribution in [2.45, 2.75) is 25.0 Å². The van der Waals surface area contributed by atoms with E-state index < -0.39 is 30.8 Å². The molecule has 0 N–H and O–H groups in total. The summed E-state index contributed by atoms with van der Waals surface area (Å²) < 4.78 is 39.1. The standard InChI is InChI=1S/C13H15F2N5O3/c1-19-7-16-4-9(19)12(21)20-6-13(14,15)3-8(20)11-17-10(5-22-2)18-23-11/h4,7-8H,3,5-6H2,1-2H3/t8-/m0/s1. The van der Waals surface area contributed by atoms with E-state index in [4.69, 9.17) is 9.26 Å². The number of aryl methyl sites for hydroxylation is 1. The van der Waals surface area contributed by atoms with Gasteiger partial charge in [-0.15, -0.1) is 0 Å². The predicted molar refractivity (Wildman–Crippen MR) is 71.6 cm³/mol. The van der Waals surface area contributed by atoms with Gasteiger partial charge in [0.15, 0.2) is 5.82 Å². The first-order valence-electron chi connectivity index (χ1n) is 6.88. The number of halogens is 2. The maximum Gasteiger partial charge on any atom is 0.273 e. The maximum absolute atomic E-state index is 13.9. The van der Waals surface area contributed by atoms with E-state index in [-0.39, 0.29) is 24.0 Å². The molecule has 1 saturated heterocycles. The first-order valence-corrected chi connectivity index (χ1v) is 6.88. The molecule has 23 heavy (non-hydrogen) atoms. The molecule has 0 unspecified atom stereocenters. The molecule has 0 saturated carbocycles. The Kier molecular flexibility index (Phi) is 3.84. The summed E-state index contributed by atoms with van der Waals surface area (Å²) in [6.45, 7) is -0.605. The summed E-state index contributed by atoms with van der Waals surface area (Å²) in [6.07, 6.45) is 2.20. The third-order valence-corrected chi connectivity index (χ3v) is 3.61. The lowest BCUT2D eigenvalue weighted by molar-refractivity contribution is 0.0115. The largest absolute Gasteiger partial charge is 0.377 e. The summed E-state index contributed by atoms with van der Waals surface area (Å²) in [6, 6.07) is -0.981. The quantitative estimate of drug-likeness (QED) is 0.838. The van der Waals surface area contributed by atoms with Crippen LogP contribution in [0.2, 0.25) is 0 Å². The van der Waals surface area contributed by atoms with Gasteiger partial charge in [-0.25, -0.2) is 13.8 Å². The number of amides is 1. The van der Waals surface area contributed by atoms with Gasteiger partial charge in [0, 0.05) is 20.6 Å². The molecule has 1 amide bonds. The Balaban J connectivity index is 1.90. The number of carbonyl (C=O) groups is 1. The van der Waals surface area contributed by atoms with E-state index in [1.54, 1.807) is 7.05 Å². The SMILES string of the molecule is COCc1noc([C@@H]2CC(F)(F)CN2C(=O)c2cncn2C)n1. The van der Waals surface area contributed by atoms with Gasteiger partial charge in [0.05, 0.1) is 19.1 Å². The van der Waals surface area contributed by atoms with Gasteiger partial charge in [-0.2, -0.15) is 4.98 Å². The number of carbonyl (C=O) groups excluding carboxylic acids is 1. The molecule has 0 spiro atoms. The molecule has 2 aromatic heterocycles. The van der Waals surface area contributed by atoms with E-state index in [1.165, 1.54) is 24.2 Å². The summed E-state index contributed by atoms with van der Waals surface area (Å²) in [4.78, 5) is 21.5. The van der Waals surface area contributed by atoms with Crippen molar-refractivity contribution in [1.29, 1.82) is 0 Å². The van der Waals surface area contributed by atoms with Crippen molar-refractivity contribution in [2.75, 3.05) is 13.7 Å². The summed E-state index contributed by atoms with van der Waals surface area (Å²) in [7, 11) is 3.07. The molecule has 1 aliphatic rings. The van der Waals surface area contributed by atoms with Crippen LogP contribution in [0.5, 0.6) is 0 Å². The molecule has 0 bridgehead atoms. The molecule has 0 aliphatic carbocycles. The number of hydrogen-bond acceptors (Lipinski definition) is 6. The fourth-order valence-electron chi connectivity index (χ4n) is 2.55.